The third kappa shape index (κ3) is 4.98. The van der Waals surface area contributed by atoms with Crippen molar-refractivity contribution in [3.8, 4) is 0 Å². The molecule has 0 saturated heterocycles. The van der Waals surface area contributed by atoms with E-state index in [9.17, 15) is 13.6 Å². The molecule has 1 aliphatic carbocycles. The lowest BCUT2D eigenvalue weighted by molar-refractivity contribution is -0.134. The van der Waals surface area contributed by atoms with Gasteiger partial charge in [0.2, 0.25) is 0 Å². The summed E-state index contributed by atoms with van der Waals surface area (Å²) in [5.41, 5.74) is 1.75. The zero-order valence-corrected chi connectivity index (χ0v) is 18.0. The van der Waals surface area contributed by atoms with Crippen LogP contribution in [0.2, 0.25) is 0 Å². The van der Waals surface area contributed by atoms with Crippen LogP contribution in [0.25, 0.3) is 11.0 Å². The van der Waals surface area contributed by atoms with Crippen LogP contribution < -0.4 is 5.32 Å². The number of halogens is 2. The van der Waals surface area contributed by atoms with Gasteiger partial charge in [-0.25, -0.2) is 9.97 Å². The summed E-state index contributed by atoms with van der Waals surface area (Å²) in [6.45, 7) is -1.23. The molecule has 0 aromatic carbocycles. The molecule has 2 aliphatic rings. The Balaban J connectivity index is 1.67. The van der Waals surface area contributed by atoms with Crippen LogP contribution in [0.1, 0.15) is 18.4 Å². The molecule has 0 spiro atoms. The first-order valence-corrected chi connectivity index (χ1v) is 10.4. The molecule has 172 valence electrons. The second kappa shape index (κ2) is 9.51. The summed E-state index contributed by atoms with van der Waals surface area (Å²) in [4.78, 5) is 28.1. The number of aromatic amines is 1. The van der Waals surface area contributed by atoms with E-state index in [2.05, 4.69) is 29.9 Å². The highest BCUT2D eigenvalue weighted by Gasteiger charge is 2.24. The smallest absolute Gasteiger partial charge is 0.387 e. The number of nitrogens with one attached hydrogen (secondary N) is 2. The molecule has 0 fully saturated rings. The first-order valence-electron chi connectivity index (χ1n) is 10.4. The number of aromatic nitrogens is 3. The number of allylic oxidation sites excluding steroid dienone is 1. The van der Waals surface area contributed by atoms with E-state index in [0.717, 1.165) is 23.9 Å². The van der Waals surface area contributed by atoms with Crippen molar-refractivity contribution < 1.29 is 23.0 Å². The number of anilines is 1. The molecule has 0 radical (unpaired) electrons. The maximum atomic E-state index is 12.9. The van der Waals surface area contributed by atoms with Gasteiger partial charge in [0.1, 0.15) is 23.6 Å². The molecule has 1 unspecified atom stereocenters. The van der Waals surface area contributed by atoms with Crippen LogP contribution in [0.4, 0.5) is 14.6 Å². The van der Waals surface area contributed by atoms with Gasteiger partial charge in [0.05, 0.1) is 11.4 Å². The molecule has 1 aliphatic heterocycles. The summed E-state index contributed by atoms with van der Waals surface area (Å²) in [5, 5.41) is 4.22. The lowest BCUT2D eigenvalue weighted by Gasteiger charge is -2.26. The SMILES string of the molecule is CN1CCCN(C)C(=O)COC2=C(OC(F)F)C=CC(C2)Nc2ncnc3[nH]cc(c23)C1. The quantitative estimate of drug-likeness (QED) is 0.729. The van der Waals surface area contributed by atoms with Crippen LogP contribution in [0.15, 0.2) is 36.2 Å². The molecule has 1 atom stereocenters. The summed E-state index contributed by atoms with van der Waals surface area (Å²) in [7, 11) is 3.73. The van der Waals surface area contributed by atoms with Crippen LogP contribution in [-0.4, -0.2) is 77.1 Å². The van der Waals surface area contributed by atoms with Crippen molar-refractivity contribution >= 4 is 22.8 Å². The molecule has 2 N–H and O–H groups in total. The lowest BCUT2D eigenvalue weighted by atomic mass is 10.1. The Morgan fingerprint density at radius 2 is 2.12 bits per heavy atom. The van der Waals surface area contributed by atoms with Crippen molar-refractivity contribution in [3.63, 3.8) is 0 Å². The Bertz CT molecular complexity index is 1040. The van der Waals surface area contributed by atoms with Gasteiger partial charge in [0, 0.05) is 32.8 Å². The van der Waals surface area contributed by atoms with E-state index >= 15 is 0 Å². The second-order valence-electron chi connectivity index (χ2n) is 7.94. The Labute approximate surface area is 184 Å². The Morgan fingerprint density at radius 1 is 1.28 bits per heavy atom. The zero-order chi connectivity index (χ0) is 22.7. The average Bonchev–Trinajstić information content (AvgIpc) is 3.16. The van der Waals surface area contributed by atoms with Crippen molar-refractivity contribution in [1.29, 1.82) is 0 Å². The van der Waals surface area contributed by atoms with Gasteiger partial charge in [-0.15, -0.1) is 0 Å². The van der Waals surface area contributed by atoms with E-state index in [4.69, 9.17) is 4.74 Å². The first kappa shape index (κ1) is 22.0. The zero-order valence-electron chi connectivity index (χ0n) is 18.0. The fraction of sp³-hybridized carbons (Fsp3) is 0.476. The van der Waals surface area contributed by atoms with E-state index in [1.165, 1.54) is 12.4 Å². The number of carbonyl (C=O) groups is 1. The van der Waals surface area contributed by atoms with E-state index in [0.29, 0.717) is 24.6 Å². The van der Waals surface area contributed by atoms with Gasteiger partial charge in [0.15, 0.2) is 12.4 Å². The fourth-order valence-electron chi connectivity index (χ4n) is 3.86. The van der Waals surface area contributed by atoms with Crippen LogP contribution in [0.3, 0.4) is 0 Å². The molecule has 4 rings (SSSR count). The number of nitrogens with zero attached hydrogens (tertiary/aromatic N) is 4. The molecule has 9 nitrogen and oxygen atoms in total. The van der Waals surface area contributed by atoms with Gasteiger partial charge in [-0.1, -0.05) is 6.08 Å². The predicted octanol–water partition coefficient (Wildman–Crippen LogP) is 2.46. The summed E-state index contributed by atoms with van der Waals surface area (Å²) in [5.74, 6) is 0.521. The predicted molar refractivity (Wildman–Crippen MR) is 114 cm³/mol. The maximum absolute atomic E-state index is 12.9. The van der Waals surface area contributed by atoms with E-state index in [1.807, 2.05) is 13.2 Å². The van der Waals surface area contributed by atoms with Gasteiger partial charge >= 0.3 is 6.61 Å². The molecule has 11 heteroatoms. The van der Waals surface area contributed by atoms with E-state index < -0.39 is 6.61 Å². The van der Waals surface area contributed by atoms with Crippen molar-refractivity contribution in [1.82, 2.24) is 24.8 Å². The van der Waals surface area contributed by atoms with E-state index in [1.54, 1.807) is 18.0 Å². The third-order valence-corrected chi connectivity index (χ3v) is 5.52. The number of fused-ring (bicyclic) bond motifs is 2. The van der Waals surface area contributed by atoms with Crippen molar-refractivity contribution in [3.05, 3.63) is 41.8 Å². The van der Waals surface area contributed by atoms with Gasteiger partial charge in [-0.2, -0.15) is 8.78 Å². The first-order chi connectivity index (χ1) is 15.4. The molecular weight excluding hydrogens is 422 g/mol. The van der Waals surface area contributed by atoms with Crippen molar-refractivity contribution in [2.45, 2.75) is 32.0 Å². The number of hydrogen-bond acceptors (Lipinski definition) is 7. The molecule has 0 saturated carbocycles. The third-order valence-electron chi connectivity index (χ3n) is 5.52. The minimum Gasteiger partial charge on any atom is -0.484 e. The number of H-pyrrole nitrogens is 1. The monoisotopic (exact) mass is 448 g/mol. The van der Waals surface area contributed by atoms with Gasteiger partial charge in [-0.05, 0) is 31.7 Å². The highest BCUT2D eigenvalue weighted by Crippen LogP contribution is 2.29. The summed E-state index contributed by atoms with van der Waals surface area (Å²) >= 11 is 0. The minimum atomic E-state index is -2.99. The van der Waals surface area contributed by atoms with Gasteiger partial charge < -0.3 is 29.6 Å². The number of likely N-dealkylation sites (N-methyl/N-ethyl adjacent to an activating group) is 1. The van der Waals surface area contributed by atoms with Crippen molar-refractivity contribution in [2.24, 2.45) is 0 Å². The topological polar surface area (TPSA) is 95.6 Å². The average molecular weight is 448 g/mol. The highest BCUT2D eigenvalue weighted by atomic mass is 19.3. The number of amides is 1. The van der Waals surface area contributed by atoms with Crippen LogP contribution in [-0.2, 0) is 20.8 Å². The Hall–Kier alpha value is -3.21. The minimum absolute atomic E-state index is 0.0774. The second-order valence-corrected chi connectivity index (χ2v) is 7.94. The van der Waals surface area contributed by atoms with Gasteiger partial charge in [-0.3, -0.25) is 4.79 Å². The molecular formula is C21H26F2N6O3. The number of hydrogen-bond donors (Lipinski definition) is 2. The number of ether oxygens (including phenoxy) is 2. The Kier molecular flexibility index (Phi) is 6.54. The number of rotatable bonds is 2. The molecule has 2 aromatic heterocycles. The summed E-state index contributed by atoms with van der Waals surface area (Å²) < 4.78 is 36.0. The number of carbonyl (C=O) groups excluding carboxylic acids is 1. The van der Waals surface area contributed by atoms with Gasteiger partial charge in [0.25, 0.3) is 5.91 Å². The normalized spacial score (nSPS) is 21.1. The van der Waals surface area contributed by atoms with Crippen LogP contribution in [0.5, 0.6) is 0 Å². The molecule has 3 heterocycles. The largest absolute Gasteiger partial charge is 0.484 e. The highest BCUT2D eigenvalue weighted by molar-refractivity contribution is 5.90. The summed E-state index contributed by atoms with van der Waals surface area (Å²) in [6.07, 6.45) is 7.53. The Morgan fingerprint density at radius 3 is 2.94 bits per heavy atom. The fourth-order valence-corrected chi connectivity index (χ4v) is 3.86. The molecule has 2 bridgehead atoms. The molecule has 1 amide bonds. The molecule has 2 aromatic rings. The van der Waals surface area contributed by atoms with Crippen LogP contribution >= 0.6 is 0 Å². The van der Waals surface area contributed by atoms with Crippen LogP contribution in [0, 0.1) is 0 Å². The summed E-state index contributed by atoms with van der Waals surface area (Å²) in [6, 6.07) is -0.297. The maximum Gasteiger partial charge on any atom is 0.387 e. The van der Waals surface area contributed by atoms with E-state index in [-0.39, 0.29) is 36.5 Å². The van der Waals surface area contributed by atoms with Crippen molar-refractivity contribution in [2.75, 3.05) is 39.1 Å². The number of alkyl halides is 2. The standard InChI is InChI=1S/C21H26F2N6O3/c1-28-6-3-7-29(2)17(30)11-31-16-8-14(4-5-15(16)32-21(22)23)27-20-18-13(10-28)9-24-19(18)25-12-26-20/h4-5,9,12,14,21H,3,6-8,10-11H2,1-2H3,(H2,24,25,26,27). The molecule has 32 heavy (non-hydrogen) atoms. The lowest BCUT2D eigenvalue weighted by Crippen LogP contribution is -2.33.